The summed E-state index contributed by atoms with van der Waals surface area (Å²) in [6.45, 7) is 0. The van der Waals surface area contributed by atoms with Crippen molar-refractivity contribution in [1.82, 2.24) is 0 Å². The molecule has 0 fully saturated rings. The molecule has 0 aliphatic heterocycles. The van der Waals surface area contributed by atoms with E-state index in [2.05, 4.69) is 5.32 Å². The summed E-state index contributed by atoms with van der Waals surface area (Å²) in [4.78, 5) is 0.234. The molecule has 3 N–H and O–H groups in total. The third kappa shape index (κ3) is 3.18. The van der Waals surface area contributed by atoms with Gasteiger partial charge in [-0.05, 0) is 30.3 Å². The summed E-state index contributed by atoms with van der Waals surface area (Å²) < 4.78 is 18.5. The van der Waals surface area contributed by atoms with Gasteiger partial charge in [-0.3, -0.25) is 0 Å². The SMILES string of the molecule is COc1ccc(Nc2cc(Cl)ccc2C(N)=S)cc1F. The fourth-order valence-electron chi connectivity index (χ4n) is 1.73. The predicted molar refractivity (Wildman–Crippen MR) is 83.6 cm³/mol. The van der Waals surface area contributed by atoms with Gasteiger partial charge < -0.3 is 15.8 Å². The number of thiocarbonyl (C=S) groups is 1. The lowest BCUT2D eigenvalue weighted by Gasteiger charge is -2.12. The van der Waals surface area contributed by atoms with Crippen LogP contribution in [0.15, 0.2) is 36.4 Å². The maximum atomic E-state index is 13.7. The van der Waals surface area contributed by atoms with E-state index >= 15 is 0 Å². The summed E-state index contributed by atoms with van der Waals surface area (Å²) in [5.41, 5.74) is 7.45. The molecule has 2 aromatic carbocycles. The lowest BCUT2D eigenvalue weighted by atomic mass is 10.1. The maximum Gasteiger partial charge on any atom is 0.167 e. The molecular formula is C14H12ClFN2OS. The molecule has 0 amide bonds. The Morgan fingerprint density at radius 2 is 2.05 bits per heavy atom. The van der Waals surface area contributed by atoms with Crippen LogP contribution in [0.2, 0.25) is 5.02 Å². The van der Waals surface area contributed by atoms with E-state index < -0.39 is 5.82 Å². The first-order valence-corrected chi connectivity index (χ1v) is 6.50. The van der Waals surface area contributed by atoms with Crippen LogP contribution in [-0.4, -0.2) is 12.1 Å². The Morgan fingerprint density at radius 3 is 2.65 bits per heavy atom. The van der Waals surface area contributed by atoms with Crippen molar-refractivity contribution in [2.45, 2.75) is 0 Å². The second-order valence-electron chi connectivity index (χ2n) is 4.03. The average Bonchev–Trinajstić information content (AvgIpc) is 2.38. The maximum absolute atomic E-state index is 13.7. The molecule has 20 heavy (non-hydrogen) atoms. The Labute approximate surface area is 126 Å². The van der Waals surface area contributed by atoms with Crippen molar-refractivity contribution in [1.29, 1.82) is 0 Å². The molecule has 0 aliphatic carbocycles. The predicted octanol–water partition coefficient (Wildman–Crippen LogP) is 3.87. The fraction of sp³-hybridized carbons (Fsp3) is 0.0714. The van der Waals surface area contributed by atoms with E-state index in [0.717, 1.165) is 0 Å². The van der Waals surface area contributed by atoms with Gasteiger partial charge in [0.25, 0.3) is 0 Å². The summed E-state index contributed by atoms with van der Waals surface area (Å²) in [5.74, 6) is -0.285. The second-order valence-corrected chi connectivity index (χ2v) is 4.90. The first-order chi connectivity index (χ1) is 9.51. The summed E-state index contributed by atoms with van der Waals surface area (Å²) in [7, 11) is 1.41. The molecule has 0 aromatic heterocycles. The van der Waals surface area contributed by atoms with Gasteiger partial charge in [0.15, 0.2) is 11.6 Å². The van der Waals surface area contributed by atoms with Crippen LogP contribution in [-0.2, 0) is 0 Å². The number of anilines is 2. The Balaban J connectivity index is 2.36. The van der Waals surface area contributed by atoms with Gasteiger partial charge in [-0.15, -0.1) is 0 Å². The first-order valence-electron chi connectivity index (χ1n) is 5.71. The molecule has 2 aromatic rings. The molecule has 2 rings (SSSR count). The number of methoxy groups -OCH3 is 1. The zero-order valence-electron chi connectivity index (χ0n) is 10.6. The molecule has 0 heterocycles. The van der Waals surface area contributed by atoms with E-state index in [-0.39, 0.29) is 10.7 Å². The number of ether oxygens (including phenoxy) is 1. The molecule has 0 saturated carbocycles. The molecule has 0 aliphatic rings. The highest BCUT2D eigenvalue weighted by Gasteiger charge is 2.08. The molecule has 0 spiro atoms. The van der Waals surface area contributed by atoms with Crippen molar-refractivity contribution in [3.05, 3.63) is 52.8 Å². The summed E-state index contributed by atoms with van der Waals surface area (Å²) >= 11 is 10.9. The van der Waals surface area contributed by atoms with Crippen molar-refractivity contribution in [3.8, 4) is 5.75 Å². The summed E-state index contributed by atoms with van der Waals surface area (Å²) in [5, 5.41) is 3.57. The van der Waals surface area contributed by atoms with Crippen LogP contribution < -0.4 is 15.8 Å². The molecular weight excluding hydrogens is 299 g/mol. The largest absolute Gasteiger partial charge is 0.494 e. The summed E-state index contributed by atoms with van der Waals surface area (Å²) in [6, 6.07) is 9.62. The molecule has 0 unspecified atom stereocenters. The lowest BCUT2D eigenvalue weighted by molar-refractivity contribution is 0.386. The van der Waals surface area contributed by atoms with Crippen LogP contribution in [0.25, 0.3) is 0 Å². The first kappa shape index (κ1) is 14.6. The van der Waals surface area contributed by atoms with Crippen LogP contribution in [0.4, 0.5) is 15.8 Å². The molecule has 6 heteroatoms. The minimum absolute atomic E-state index is 0.177. The third-order valence-corrected chi connectivity index (χ3v) is 3.13. The number of halogens is 2. The standard InChI is InChI=1S/C14H12ClFN2OS/c1-19-13-5-3-9(7-11(13)16)18-12-6-8(15)2-4-10(12)14(17)20/h2-7,18H,1H3,(H2,17,20). The van der Waals surface area contributed by atoms with Gasteiger partial charge in [-0.1, -0.05) is 23.8 Å². The van der Waals surface area contributed by atoms with Gasteiger partial charge in [0.05, 0.1) is 12.8 Å². The molecule has 0 saturated heterocycles. The normalized spacial score (nSPS) is 10.2. The van der Waals surface area contributed by atoms with Crippen LogP contribution in [0.5, 0.6) is 5.75 Å². The van der Waals surface area contributed by atoms with Gasteiger partial charge in [-0.25, -0.2) is 4.39 Å². The van der Waals surface area contributed by atoms with Gasteiger partial charge in [-0.2, -0.15) is 0 Å². The van der Waals surface area contributed by atoms with Crippen molar-refractivity contribution >= 4 is 40.2 Å². The fourth-order valence-corrected chi connectivity index (χ4v) is 2.08. The zero-order chi connectivity index (χ0) is 14.7. The van der Waals surface area contributed by atoms with Gasteiger partial charge >= 0.3 is 0 Å². The van der Waals surface area contributed by atoms with Crippen LogP contribution in [0.3, 0.4) is 0 Å². The van der Waals surface area contributed by atoms with Gasteiger partial charge in [0, 0.05) is 22.3 Å². The Bertz CT molecular complexity index is 664. The highest BCUT2D eigenvalue weighted by molar-refractivity contribution is 7.80. The Kier molecular flexibility index (Phi) is 4.42. The van der Waals surface area contributed by atoms with E-state index in [0.29, 0.717) is 22.0 Å². The number of hydrogen-bond acceptors (Lipinski definition) is 3. The monoisotopic (exact) mass is 310 g/mol. The highest BCUT2D eigenvalue weighted by Crippen LogP contribution is 2.27. The smallest absolute Gasteiger partial charge is 0.167 e. The minimum atomic E-state index is -0.462. The topological polar surface area (TPSA) is 47.3 Å². The van der Waals surface area contributed by atoms with E-state index in [4.69, 9.17) is 34.3 Å². The van der Waals surface area contributed by atoms with Crippen molar-refractivity contribution in [2.24, 2.45) is 5.73 Å². The molecule has 104 valence electrons. The number of nitrogens with one attached hydrogen (secondary N) is 1. The van der Waals surface area contributed by atoms with Crippen molar-refractivity contribution in [2.75, 3.05) is 12.4 Å². The summed E-state index contributed by atoms with van der Waals surface area (Å²) in [6.07, 6.45) is 0. The third-order valence-electron chi connectivity index (χ3n) is 2.68. The van der Waals surface area contributed by atoms with Crippen molar-refractivity contribution < 1.29 is 9.13 Å². The second kappa shape index (κ2) is 6.07. The molecule has 0 atom stereocenters. The van der Waals surface area contributed by atoms with E-state index in [1.54, 1.807) is 24.3 Å². The Morgan fingerprint density at radius 1 is 1.30 bits per heavy atom. The van der Waals surface area contributed by atoms with Crippen LogP contribution >= 0.6 is 23.8 Å². The number of rotatable bonds is 4. The molecule has 0 radical (unpaired) electrons. The lowest BCUT2D eigenvalue weighted by Crippen LogP contribution is -2.11. The quantitative estimate of drug-likeness (QED) is 0.842. The van der Waals surface area contributed by atoms with Crippen LogP contribution in [0, 0.1) is 5.82 Å². The van der Waals surface area contributed by atoms with Crippen LogP contribution in [0.1, 0.15) is 5.56 Å². The van der Waals surface area contributed by atoms with E-state index in [1.165, 1.54) is 19.2 Å². The van der Waals surface area contributed by atoms with E-state index in [1.807, 2.05) is 0 Å². The number of hydrogen-bond donors (Lipinski definition) is 2. The van der Waals surface area contributed by atoms with Gasteiger partial charge in [0.1, 0.15) is 4.99 Å². The van der Waals surface area contributed by atoms with Gasteiger partial charge in [0.2, 0.25) is 0 Å². The molecule has 3 nitrogen and oxygen atoms in total. The number of benzene rings is 2. The molecule has 0 bridgehead atoms. The Hall–Kier alpha value is -1.85. The zero-order valence-corrected chi connectivity index (χ0v) is 12.2. The minimum Gasteiger partial charge on any atom is -0.494 e. The average molecular weight is 311 g/mol. The highest BCUT2D eigenvalue weighted by atomic mass is 35.5. The van der Waals surface area contributed by atoms with Crippen molar-refractivity contribution in [3.63, 3.8) is 0 Å². The van der Waals surface area contributed by atoms with E-state index in [9.17, 15) is 4.39 Å². The number of nitrogens with two attached hydrogens (primary N) is 1.